The van der Waals surface area contributed by atoms with Gasteiger partial charge in [0.15, 0.2) is 24.3 Å². The number of carbonyl (C=O) groups excluding carboxylic acids is 2. The fourth-order valence-corrected chi connectivity index (χ4v) is 2.49. The minimum absolute atomic E-state index is 0.0100. The van der Waals surface area contributed by atoms with Gasteiger partial charge < -0.3 is 19.7 Å². The lowest BCUT2D eigenvalue weighted by molar-refractivity contribution is -0.125. The van der Waals surface area contributed by atoms with Gasteiger partial charge in [0, 0.05) is 12.7 Å². The summed E-state index contributed by atoms with van der Waals surface area (Å²) in [7, 11) is 1.65. The molecule has 0 radical (unpaired) electrons. The van der Waals surface area contributed by atoms with E-state index in [9.17, 15) is 14.0 Å². The van der Waals surface area contributed by atoms with E-state index in [2.05, 4.69) is 5.32 Å². The number of halogens is 1. The molecule has 2 aromatic rings. The van der Waals surface area contributed by atoms with E-state index in [0.717, 1.165) is 0 Å². The smallest absolute Gasteiger partial charge is 0.267 e. The minimum atomic E-state index is -0.549. The topological polar surface area (TPSA) is 67.9 Å². The van der Waals surface area contributed by atoms with Crippen LogP contribution in [-0.4, -0.2) is 31.6 Å². The Kier molecular flexibility index (Phi) is 4.56. The number of anilines is 2. The second-order valence-corrected chi connectivity index (χ2v) is 5.61. The van der Waals surface area contributed by atoms with Crippen LogP contribution in [0.4, 0.5) is 15.8 Å². The normalized spacial score (nSPS) is 16.0. The number of rotatable bonds is 4. The fraction of sp³-hybridized carbons (Fsp3) is 0.222. The number of hydrogen-bond donors (Lipinski definition) is 1. The fourth-order valence-electron chi connectivity index (χ4n) is 2.49. The Labute approximate surface area is 144 Å². The molecule has 0 saturated heterocycles. The lowest BCUT2D eigenvalue weighted by Gasteiger charge is -2.30. The molecule has 1 N–H and O–H groups in total. The predicted octanol–water partition coefficient (Wildman–Crippen LogP) is 2.59. The monoisotopic (exact) mass is 344 g/mol. The first-order chi connectivity index (χ1) is 12.0. The zero-order valence-corrected chi connectivity index (χ0v) is 13.8. The molecule has 0 spiro atoms. The standard InChI is InChI=1S/C18H17FN2O4/c1-11-18(23)21(2)14-9-12(7-8-16(14)25-11)20-17(22)10-24-15-6-4-3-5-13(15)19/h3-9,11H,10H2,1-2H3,(H,20,22). The van der Waals surface area contributed by atoms with Crippen molar-refractivity contribution in [2.75, 3.05) is 23.9 Å². The SMILES string of the molecule is CC1Oc2ccc(NC(=O)COc3ccccc3F)cc2N(C)C1=O. The maximum absolute atomic E-state index is 13.5. The van der Waals surface area contributed by atoms with Crippen LogP contribution >= 0.6 is 0 Å². The lowest BCUT2D eigenvalue weighted by atomic mass is 10.2. The van der Waals surface area contributed by atoms with Gasteiger partial charge in [-0.15, -0.1) is 0 Å². The molecular weight excluding hydrogens is 327 g/mol. The van der Waals surface area contributed by atoms with E-state index in [1.807, 2.05) is 0 Å². The maximum Gasteiger partial charge on any atom is 0.267 e. The maximum atomic E-state index is 13.5. The molecule has 0 aliphatic carbocycles. The van der Waals surface area contributed by atoms with E-state index in [4.69, 9.17) is 9.47 Å². The van der Waals surface area contributed by atoms with Gasteiger partial charge in [-0.1, -0.05) is 12.1 Å². The molecule has 0 bridgehead atoms. The minimum Gasteiger partial charge on any atom is -0.481 e. The third-order valence-electron chi connectivity index (χ3n) is 3.78. The molecule has 2 aromatic carbocycles. The molecule has 1 aliphatic heterocycles. The van der Waals surface area contributed by atoms with Crippen molar-refractivity contribution < 1.29 is 23.5 Å². The first-order valence-corrected chi connectivity index (χ1v) is 7.71. The van der Waals surface area contributed by atoms with Crippen LogP contribution in [0.1, 0.15) is 6.92 Å². The average Bonchev–Trinajstić information content (AvgIpc) is 2.60. The highest BCUT2D eigenvalue weighted by Crippen LogP contribution is 2.35. The quantitative estimate of drug-likeness (QED) is 0.926. The number of benzene rings is 2. The summed E-state index contributed by atoms with van der Waals surface area (Å²) in [6, 6.07) is 10.8. The van der Waals surface area contributed by atoms with Crippen LogP contribution < -0.4 is 19.7 Å². The molecule has 0 fully saturated rings. The second kappa shape index (κ2) is 6.80. The summed E-state index contributed by atoms with van der Waals surface area (Å²) in [4.78, 5) is 25.4. The van der Waals surface area contributed by atoms with E-state index in [1.54, 1.807) is 38.2 Å². The van der Waals surface area contributed by atoms with E-state index >= 15 is 0 Å². The number of carbonyl (C=O) groups is 2. The van der Waals surface area contributed by atoms with Crippen LogP contribution in [0.5, 0.6) is 11.5 Å². The van der Waals surface area contributed by atoms with Gasteiger partial charge in [-0.3, -0.25) is 9.59 Å². The second-order valence-electron chi connectivity index (χ2n) is 5.61. The highest BCUT2D eigenvalue weighted by molar-refractivity contribution is 6.00. The number of nitrogens with zero attached hydrogens (tertiary/aromatic N) is 1. The average molecular weight is 344 g/mol. The Balaban J connectivity index is 1.66. The Morgan fingerprint density at radius 1 is 1.32 bits per heavy atom. The van der Waals surface area contributed by atoms with E-state index in [-0.39, 0.29) is 18.3 Å². The molecule has 6 nitrogen and oxygen atoms in total. The number of likely N-dealkylation sites (N-methyl/N-ethyl adjacent to an activating group) is 1. The molecule has 0 saturated carbocycles. The van der Waals surface area contributed by atoms with Gasteiger partial charge in [0.05, 0.1) is 5.69 Å². The summed E-state index contributed by atoms with van der Waals surface area (Å²) in [5.41, 5.74) is 1.05. The number of para-hydroxylation sites is 1. The van der Waals surface area contributed by atoms with Crippen molar-refractivity contribution >= 4 is 23.2 Å². The van der Waals surface area contributed by atoms with Crippen LogP contribution in [0.3, 0.4) is 0 Å². The van der Waals surface area contributed by atoms with Crippen molar-refractivity contribution in [1.29, 1.82) is 0 Å². The summed E-state index contributed by atoms with van der Waals surface area (Å²) in [5, 5.41) is 2.65. The number of amides is 2. The van der Waals surface area contributed by atoms with Crippen molar-refractivity contribution in [1.82, 2.24) is 0 Å². The van der Waals surface area contributed by atoms with Crippen molar-refractivity contribution in [3.8, 4) is 11.5 Å². The zero-order chi connectivity index (χ0) is 18.0. The number of fused-ring (bicyclic) bond motifs is 1. The van der Waals surface area contributed by atoms with E-state index in [0.29, 0.717) is 17.1 Å². The zero-order valence-electron chi connectivity index (χ0n) is 13.8. The van der Waals surface area contributed by atoms with E-state index < -0.39 is 17.8 Å². The number of ether oxygens (including phenoxy) is 2. The van der Waals surface area contributed by atoms with Gasteiger partial charge in [0.25, 0.3) is 11.8 Å². The first-order valence-electron chi connectivity index (χ1n) is 7.71. The molecule has 1 atom stereocenters. The molecule has 130 valence electrons. The Morgan fingerprint density at radius 3 is 2.84 bits per heavy atom. The largest absolute Gasteiger partial charge is 0.481 e. The van der Waals surface area contributed by atoms with Crippen molar-refractivity contribution in [3.05, 3.63) is 48.3 Å². The summed E-state index contributed by atoms with van der Waals surface area (Å²) in [6.45, 7) is 1.35. The summed E-state index contributed by atoms with van der Waals surface area (Å²) in [6.07, 6.45) is -0.549. The Bertz CT molecular complexity index is 824. The molecule has 2 amide bonds. The van der Waals surface area contributed by atoms with Crippen LogP contribution in [0.25, 0.3) is 0 Å². The highest BCUT2D eigenvalue weighted by Gasteiger charge is 2.29. The first kappa shape index (κ1) is 16.8. The summed E-state index contributed by atoms with van der Waals surface area (Å²) in [5.74, 6) is -0.567. The number of hydrogen-bond acceptors (Lipinski definition) is 4. The highest BCUT2D eigenvalue weighted by atomic mass is 19.1. The third-order valence-corrected chi connectivity index (χ3v) is 3.78. The van der Waals surface area contributed by atoms with Gasteiger partial charge in [0.2, 0.25) is 0 Å². The summed E-state index contributed by atoms with van der Waals surface area (Å²) >= 11 is 0. The molecule has 1 unspecified atom stereocenters. The molecule has 3 rings (SSSR count). The molecule has 7 heteroatoms. The van der Waals surface area contributed by atoms with E-state index in [1.165, 1.54) is 23.1 Å². The molecular formula is C18H17FN2O4. The van der Waals surface area contributed by atoms with Gasteiger partial charge in [0.1, 0.15) is 5.75 Å². The van der Waals surface area contributed by atoms with Crippen LogP contribution in [0.2, 0.25) is 0 Å². The molecule has 1 heterocycles. The Hall–Kier alpha value is -3.09. The third kappa shape index (κ3) is 3.55. The van der Waals surface area contributed by atoms with Crippen LogP contribution in [-0.2, 0) is 9.59 Å². The molecule has 0 aromatic heterocycles. The number of nitrogens with one attached hydrogen (secondary N) is 1. The van der Waals surface area contributed by atoms with Crippen molar-refractivity contribution in [2.45, 2.75) is 13.0 Å². The predicted molar refractivity (Wildman–Crippen MR) is 90.5 cm³/mol. The van der Waals surface area contributed by atoms with Crippen molar-refractivity contribution in [3.63, 3.8) is 0 Å². The van der Waals surface area contributed by atoms with Crippen molar-refractivity contribution in [2.24, 2.45) is 0 Å². The summed E-state index contributed by atoms with van der Waals surface area (Å²) < 4.78 is 24.1. The van der Waals surface area contributed by atoms with Crippen LogP contribution in [0.15, 0.2) is 42.5 Å². The van der Waals surface area contributed by atoms with Gasteiger partial charge in [-0.05, 0) is 37.3 Å². The van der Waals surface area contributed by atoms with Gasteiger partial charge in [-0.25, -0.2) is 4.39 Å². The van der Waals surface area contributed by atoms with Gasteiger partial charge in [-0.2, -0.15) is 0 Å². The molecule has 25 heavy (non-hydrogen) atoms. The van der Waals surface area contributed by atoms with Gasteiger partial charge >= 0.3 is 0 Å². The Morgan fingerprint density at radius 2 is 2.08 bits per heavy atom. The lowest BCUT2D eigenvalue weighted by Crippen LogP contribution is -2.42. The van der Waals surface area contributed by atoms with Crippen LogP contribution in [0, 0.1) is 5.82 Å². The molecule has 1 aliphatic rings.